The second kappa shape index (κ2) is 6.43. The molecule has 2 rings (SSSR count). The molecule has 0 aromatic heterocycles. The number of nitrogens with zero attached hydrogens (tertiary/aromatic N) is 1. The summed E-state index contributed by atoms with van der Waals surface area (Å²) in [7, 11) is 3.90. The molecule has 1 atom stereocenters. The highest BCUT2D eigenvalue weighted by molar-refractivity contribution is 9.10. The first kappa shape index (κ1) is 13.7. The van der Waals surface area contributed by atoms with E-state index in [0.717, 1.165) is 15.9 Å². The van der Waals surface area contributed by atoms with Gasteiger partial charge < -0.3 is 15.0 Å². The van der Waals surface area contributed by atoms with Crippen LogP contribution in [-0.4, -0.2) is 38.2 Å². The van der Waals surface area contributed by atoms with Gasteiger partial charge in [0.2, 0.25) is 0 Å². The molecule has 1 saturated heterocycles. The summed E-state index contributed by atoms with van der Waals surface area (Å²) in [5, 5.41) is 3.63. The van der Waals surface area contributed by atoms with Gasteiger partial charge in [-0.1, -0.05) is 0 Å². The molecule has 1 aliphatic heterocycles. The van der Waals surface area contributed by atoms with Crippen molar-refractivity contribution in [1.29, 1.82) is 0 Å². The van der Waals surface area contributed by atoms with Crippen molar-refractivity contribution in [3.8, 4) is 5.75 Å². The molecule has 0 radical (unpaired) electrons. The Hall–Kier alpha value is -0.740. The van der Waals surface area contributed by atoms with Crippen LogP contribution in [0, 0.1) is 0 Å². The van der Waals surface area contributed by atoms with Crippen molar-refractivity contribution in [3.63, 3.8) is 0 Å². The molecule has 1 aliphatic rings. The molecule has 1 unspecified atom stereocenters. The maximum Gasteiger partial charge on any atom is 0.121 e. The van der Waals surface area contributed by atoms with Crippen LogP contribution in [0.3, 0.4) is 0 Å². The van der Waals surface area contributed by atoms with Gasteiger partial charge in [-0.05, 0) is 67.5 Å². The van der Waals surface area contributed by atoms with Gasteiger partial charge in [-0.25, -0.2) is 0 Å². The maximum absolute atomic E-state index is 5.27. The van der Waals surface area contributed by atoms with Crippen LogP contribution in [0.1, 0.15) is 19.3 Å². The van der Waals surface area contributed by atoms with Crippen LogP contribution in [0.15, 0.2) is 22.7 Å². The Morgan fingerprint density at radius 2 is 2.17 bits per heavy atom. The van der Waals surface area contributed by atoms with Gasteiger partial charge in [0.05, 0.1) is 12.8 Å². The van der Waals surface area contributed by atoms with E-state index >= 15 is 0 Å². The third-order valence-corrected chi connectivity index (χ3v) is 4.18. The van der Waals surface area contributed by atoms with E-state index in [0.29, 0.717) is 6.04 Å². The van der Waals surface area contributed by atoms with Gasteiger partial charge in [0.1, 0.15) is 5.75 Å². The first-order chi connectivity index (χ1) is 8.69. The highest BCUT2D eigenvalue weighted by atomic mass is 79.9. The normalized spacial score (nSPS) is 21.4. The number of ether oxygens (including phenoxy) is 1. The number of hydrogen-bond acceptors (Lipinski definition) is 3. The number of benzene rings is 1. The predicted molar refractivity (Wildman–Crippen MR) is 79.5 cm³/mol. The summed E-state index contributed by atoms with van der Waals surface area (Å²) in [6.45, 7) is 2.37. The molecule has 100 valence electrons. The molecule has 0 saturated carbocycles. The van der Waals surface area contributed by atoms with Crippen molar-refractivity contribution in [2.75, 3.05) is 32.6 Å². The Labute approximate surface area is 118 Å². The van der Waals surface area contributed by atoms with Crippen LogP contribution in [0.4, 0.5) is 5.69 Å². The number of anilines is 1. The quantitative estimate of drug-likeness (QED) is 0.926. The van der Waals surface area contributed by atoms with Crippen LogP contribution in [0.5, 0.6) is 5.75 Å². The third-order valence-electron chi connectivity index (χ3n) is 3.48. The van der Waals surface area contributed by atoms with Gasteiger partial charge in [-0.15, -0.1) is 0 Å². The molecule has 0 spiro atoms. The van der Waals surface area contributed by atoms with Crippen LogP contribution < -0.4 is 10.1 Å². The molecule has 1 heterocycles. The second-order valence-corrected chi connectivity index (χ2v) is 5.78. The van der Waals surface area contributed by atoms with E-state index in [1.807, 2.05) is 12.1 Å². The topological polar surface area (TPSA) is 24.5 Å². The fraction of sp³-hybridized carbons (Fsp3) is 0.571. The number of hydrogen-bond donors (Lipinski definition) is 1. The third kappa shape index (κ3) is 3.62. The average Bonchev–Trinajstić information content (AvgIpc) is 2.57. The Kier molecular flexibility index (Phi) is 4.89. The SMILES string of the molecule is COc1ccc(Br)c(NC2CCCN(C)CC2)c1. The second-order valence-electron chi connectivity index (χ2n) is 4.92. The number of likely N-dealkylation sites (tertiary alicyclic amines) is 1. The summed E-state index contributed by atoms with van der Waals surface area (Å²) in [5.74, 6) is 0.895. The maximum atomic E-state index is 5.27. The highest BCUT2D eigenvalue weighted by Crippen LogP contribution is 2.29. The van der Waals surface area contributed by atoms with E-state index in [2.05, 4.69) is 39.3 Å². The number of halogens is 1. The van der Waals surface area contributed by atoms with E-state index in [-0.39, 0.29) is 0 Å². The van der Waals surface area contributed by atoms with E-state index in [4.69, 9.17) is 4.74 Å². The monoisotopic (exact) mass is 312 g/mol. The zero-order valence-electron chi connectivity index (χ0n) is 11.1. The average molecular weight is 313 g/mol. The molecule has 0 amide bonds. The molecule has 18 heavy (non-hydrogen) atoms. The largest absolute Gasteiger partial charge is 0.497 e. The number of methoxy groups -OCH3 is 1. The molecule has 3 nitrogen and oxygen atoms in total. The Morgan fingerprint density at radius 3 is 2.94 bits per heavy atom. The minimum absolute atomic E-state index is 0.554. The van der Waals surface area contributed by atoms with Gasteiger partial charge in [-0.3, -0.25) is 0 Å². The Bertz CT molecular complexity index is 397. The highest BCUT2D eigenvalue weighted by Gasteiger charge is 2.15. The molecule has 1 fully saturated rings. The zero-order chi connectivity index (χ0) is 13.0. The van der Waals surface area contributed by atoms with Gasteiger partial charge in [0, 0.05) is 16.6 Å². The molecular weight excluding hydrogens is 292 g/mol. The van der Waals surface area contributed by atoms with Crippen molar-refractivity contribution in [3.05, 3.63) is 22.7 Å². The molecule has 1 N–H and O–H groups in total. The van der Waals surface area contributed by atoms with Gasteiger partial charge in [0.15, 0.2) is 0 Å². The molecule has 1 aromatic carbocycles. The van der Waals surface area contributed by atoms with Crippen LogP contribution in [-0.2, 0) is 0 Å². The van der Waals surface area contributed by atoms with Crippen molar-refractivity contribution in [2.24, 2.45) is 0 Å². The Morgan fingerprint density at radius 1 is 1.33 bits per heavy atom. The van der Waals surface area contributed by atoms with E-state index < -0.39 is 0 Å². The fourth-order valence-corrected chi connectivity index (χ4v) is 2.71. The summed E-state index contributed by atoms with van der Waals surface area (Å²) in [6, 6.07) is 6.61. The summed E-state index contributed by atoms with van der Waals surface area (Å²) >= 11 is 3.59. The first-order valence-electron chi connectivity index (χ1n) is 6.47. The van der Waals surface area contributed by atoms with E-state index in [1.165, 1.54) is 32.4 Å². The lowest BCUT2D eigenvalue weighted by Crippen LogP contribution is -2.23. The lowest BCUT2D eigenvalue weighted by atomic mass is 10.1. The molecular formula is C14H21BrN2O. The minimum atomic E-state index is 0.554. The summed E-state index contributed by atoms with van der Waals surface area (Å²) in [6.07, 6.45) is 3.68. The fourth-order valence-electron chi connectivity index (χ4n) is 2.35. The summed E-state index contributed by atoms with van der Waals surface area (Å²) in [5.41, 5.74) is 1.13. The lowest BCUT2D eigenvalue weighted by molar-refractivity contribution is 0.348. The Balaban J connectivity index is 2.03. The molecule has 1 aromatic rings. The first-order valence-corrected chi connectivity index (χ1v) is 7.27. The molecule has 0 aliphatic carbocycles. The van der Waals surface area contributed by atoms with Crippen LogP contribution in [0.25, 0.3) is 0 Å². The standard InChI is InChI=1S/C14H21BrN2O/c1-17-8-3-4-11(7-9-17)16-14-10-12(18-2)5-6-13(14)15/h5-6,10-11,16H,3-4,7-9H2,1-2H3. The predicted octanol–water partition coefficient (Wildman–Crippen LogP) is 3.35. The smallest absolute Gasteiger partial charge is 0.121 e. The van der Waals surface area contributed by atoms with E-state index in [9.17, 15) is 0 Å². The molecule has 4 heteroatoms. The molecule has 0 bridgehead atoms. The van der Waals surface area contributed by atoms with Gasteiger partial charge in [0.25, 0.3) is 0 Å². The van der Waals surface area contributed by atoms with Crippen molar-refractivity contribution < 1.29 is 4.74 Å². The zero-order valence-corrected chi connectivity index (χ0v) is 12.7. The van der Waals surface area contributed by atoms with Gasteiger partial charge >= 0.3 is 0 Å². The summed E-state index contributed by atoms with van der Waals surface area (Å²) < 4.78 is 6.37. The number of rotatable bonds is 3. The minimum Gasteiger partial charge on any atom is -0.497 e. The van der Waals surface area contributed by atoms with E-state index in [1.54, 1.807) is 7.11 Å². The van der Waals surface area contributed by atoms with Crippen molar-refractivity contribution >= 4 is 21.6 Å². The lowest BCUT2D eigenvalue weighted by Gasteiger charge is -2.19. The van der Waals surface area contributed by atoms with Crippen molar-refractivity contribution in [1.82, 2.24) is 4.90 Å². The van der Waals surface area contributed by atoms with Gasteiger partial charge in [-0.2, -0.15) is 0 Å². The number of nitrogens with one attached hydrogen (secondary N) is 1. The van der Waals surface area contributed by atoms with Crippen molar-refractivity contribution in [2.45, 2.75) is 25.3 Å². The summed E-state index contributed by atoms with van der Waals surface area (Å²) in [4.78, 5) is 2.41. The van der Waals surface area contributed by atoms with Crippen LogP contribution in [0.2, 0.25) is 0 Å². The van der Waals surface area contributed by atoms with Crippen LogP contribution >= 0.6 is 15.9 Å².